The van der Waals surface area contributed by atoms with Crippen molar-refractivity contribution in [2.45, 2.75) is 12.2 Å². The van der Waals surface area contributed by atoms with E-state index in [1.165, 1.54) is 41.3 Å². The lowest BCUT2D eigenvalue weighted by molar-refractivity contribution is -0.384. The number of nitro groups is 1. The zero-order valence-corrected chi connectivity index (χ0v) is 10.1. The molecule has 0 aliphatic rings. The van der Waals surface area contributed by atoms with Crippen LogP contribution in [0.1, 0.15) is 11.7 Å². The van der Waals surface area contributed by atoms with E-state index < -0.39 is 17.1 Å². The highest BCUT2D eigenvalue weighted by molar-refractivity contribution is 5.51. The summed E-state index contributed by atoms with van der Waals surface area (Å²) in [6.45, 7) is 0. The number of aliphatic hydroxyl groups is 2. The molecule has 1 aromatic carbocycles. The largest absolute Gasteiger partial charge is 0.384 e. The third kappa shape index (κ3) is 2.49. The summed E-state index contributed by atoms with van der Waals surface area (Å²) in [5.74, 6) is 0. The second-order valence-corrected chi connectivity index (χ2v) is 3.98. The first-order valence-electron chi connectivity index (χ1n) is 5.58. The smallest absolute Gasteiger partial charge is 0.294 e. The minimum atomic E-state index is -1.58. The first-order valence-corrected chi connectivity index (χ1v) is 5.58. The molecule has 0 radical (unpaired) electrons. The number of benzene rings is 1. The fraction of sp³-hybridized carbons (Fsp3) is 0.167. The zero-order valence-electron chi connectivity index (χ0n) is 10.1. The number of hydrogen-bond acceptors (Lipinski definition) is 6. The molecule has 0 aliphatic carbocycles. The van der Waals surface area contributed by atoms with Gasteiger partial charge in [0.15, 0.2) is 6.10 Å². The number of nitro benzene ring substituents is 1. The van der Waals surface area contributed by atoms with E-state index in [-0.39, 0.29) is 16.9 Å². The van der Waals surface area contributed by atoms with Gasteiger partial charge in [-0.25, -0.2) is 4.68 Å². The Hall–Kier alpha value is -2.76. The molecule has 0 saturated carbocycles. The summed E-state index contributed by atoms with van der Waals surface area (Å²) < 4.78 is 1.21. The molecule has 0 saturated heterocycles. The van der Waals surface area contributed by atoms with Crippen molar-refractivity contribution in [1.82, 2.24) is 9.78 Å². The number of nitrogens with zero attached hydrogens (tertiary/aromatic N) is 4. The normalized spacial score (nSPS) is 13.4. The van der Waals surface area contributed by atoms with E-state index in [9.17, 15) is 20.3 Å². The predicted molar refractivity (Wildman–Crippen MR) is 66.8 cm³/mol. The van der Waals surface area contributed by atoms with Crippen LogP contribution in [-0.2, 0) is 0 Å². The second kappa shape index (κ2) is 5.48. The Kier molecular flexibility index (Phi) is 3.74. The molecule has 2 rings (SSSR count). The molecule has 0 bridgehead atoms. The average molecular weight is 274 g/mol. The number of rotatable bonds is 4. The average Bonchev–Trinajstić information content (AvgIpc) is 2.95. The zero-order chi connectivity index (χ0) is 14.7. The van der Waals surface area contributed by atoms with Gasteiger partial charge in [0, 0.05) is 17.8 Å². The van der Waals surface area contributed by atoms with Gasteiger partial charge >= 0.3 is 0 Å². The number of aromatic nitrogens is 2. The maximum atomic E-state index is 10.9. The van der Waals surface area contributed by atoms with Crippen LogP contribution in [0.4, 0.5) is 5.69 Å². The Morgan fingerprint density at radius 2 is 2.10 bits per heavy atom. The fourth-order valence-corrected chi connectivity index (χ4v) is 1.69. The van der Waals surface area contributed by atoms with E-state index in [0.29, 0.717) is 0 Å². The molecule has 2 N–H and O–H groups in total. The quantitative estimate of drug-likeness (QED) is 0.480. The van der Waals surface area contributed by atoms with Gasteiger partial charge in [-0.15, -0.1) is 0 Å². The highest BCUT2D eigenvalue weighted by atomic mass is 16.6. The van der Waals surface area contributed by atoms with Gasteiger partial charge in [0.25, 0.3) is 5.69 Å². The lowest BCUT2D eigenvalue weighted by Gasteiger charge is -2.08. The Morgan fingerprint density at radius 1 is 1.40 bits per heavy atom. The Bertz CT molecular complexity index is 676. The van der Waals surface area contributed by atoms with Crippen molar-refractivity contribution in [3.63, 3.8) is 0 Å². The molecule has 0 spiro atoms. The Balaban J connectivity index is 2.40. The van der Waals surface area contributed by atoms with Crippen LogP contribution in [0.3, 0.4) is 0 Å². The highest BCUT2D eigenvalue weighted by Crippen LogP contribution is 2.23. The van der Waals surface area contributed by atoms with Gasteiger partial charge < -0.3 is 10.2 Å². The minimum absolute atomic E-state index is 0.141. The molecular formula is C12H10N4O4. The summed E-state index contributed by atoms with van der Waals surface area (Å²) in [6, 6.07) is 7.48. The van der Waals surface area contributed by atoms with E-state index in [1.807, 2.05) is 0 Å². The molecular weight excluding hydrogens is 264 g/mol. The number of para-hydroxylation sites is 2. The predicted octanol–water partition coefficient (Wildman–Crippen LogP) is 0.698. The summed E-state index contributed by atoms with van der Waals surface area (Å²) in [4.78, 5) is 10.4. The van der Waals surface area contributed by atoms with Crippen LogP contribution in [0.15, 0.2) is 36.7 Å². The summed E-state index contributed by atoms with van der Waals surface area (Å²) in [5.41, 5.74) is 0.275. The maximum Gasteiger partial charge on any atom is 0.294 e. The molecule has 8 nitrogen and oxygen atoms in total. The summed E-state index contributed by atoms with van der Waals surface area (Å²) in [5, 5.41) is 42.3. The molecule has 20 heavy (non-hydrogen) atoms. The lowest BCUT2D eigenvalue weighted by atomic mass is 10.1. The first kappa shape index (κ1) is 13.7. The van der Waals surface area contributed by atoms with Crippen LogP contribution in [0.25, 0.3) is 5.69 Å². The molecule has 102 valence electrons. The monoisotopic (exact) mass is 274 g/mol. The third-order valence-electron chi connectivity index (χ3n) is 2.70. The molecule has 1 aromatic heterocycles. The van der Waals surface area contributed by atoms with Crippen molar-refractivity contribution < 1.29 is 15.1 Å². The van der Waals surface area contributed by atoms with Gasteiger partial charge in [0.05, 0.1) is 17.2 Å². The first-order chi connectivity index (χ1) is 9.54. The molecule has 0 aliphatic heterocycles. The van der Waals surface area contributed by atoms with E-state index in [4.69, 9.17) is 5.26 Å². The van der Waals surface area contributed by atoms with Crippen LogP contribution >= 0.6 is 0 Å². The topological polar surface area (TPSA) is 125 Å². The van der Waals surface area contributed by atoms with Crippen molar-refractivity contribution in [3.05, 3.63) is 52.3 Å². The van der Waals surface area contributed by atoms with Crippen molar-refractivity contribution in [3.8, 4) is 11.8 Å². The van der Waals surface area contributed by atoms with Gasteiger partial charge in [-0.2, -0.15) is 10.4 Å². The van der Waals surface area contributed by atoms with Gasteiger partial charge in [-0.05, 0) is 6.07 Å². The molecule has 0 fully saturated rings. The summed E-state index contributed by atoms with van der Waals surface area (Å²) in [6.07, 6.45) is -0.440. The fourth-order valence-electron chi connectivity index (χ4n) is 1.69. The molecule has 2 atom stereocenters. The number of hydrogen-bond donors (Lipinski definition) is 2. The highest BCUT2D eigenvalue weighted by Gasteiger charge is 2.21. The van der Waals surface area contributed by atoms with Crippen LogP contribution < -0.4 is 0 Å². The SMILES string of the molecule is N#CC(O)C(O)c1cnn(-c2ccccc2[N+](=O)[O-])c1. The number of aliphatic hydroxyl groups excluding tert-OH is 2. The minimum Gasteiger partial charge on any atom is -0.384 e. The molecule has 2 unspecified atom stereocenters. The molecule has 0 amide bonds. The second-order valence-electron chi connectivity index (χ2n) is 3.98. The van der Waals surface area contributed by atoms with Crippen LogP contribution in [-0.4, -0.2) is 31.0 Å². The van der Waals surface area contributed by atoms with Crippen LogP contribution in [0.2, 0.25) is 0 Å². The Labute approximate surface area is 113 Å². The van der Waals surface area contributed by atoms with Gasteiger partial charge in [0.2, 0.25) is 0 Å². The van der Waals surface area contributed by atoms with Gasteiger partial charge in [-0.3, -0.25) is 10.1 Å². The summed E-state index contributed by atoms with van der Waals surface area (Å²) in [7, 11) is 0. The van der Waals surface area contributed by atoms with Gasteiger partial charge in [0.1, 0.15) is 11.8 Å². The van der Waals surface area contributed by atoms with Crippen LogP contribution in [0, 0.1) is 21.4 Å². The lowest BCUT2D eigenvalue weighted by Crippen LogP contribution is -2.15. The summed E-state index contributed by atoms with van der Waals surface area (Å²) >= 11 is 0. The van der Waals surface area contributed by atoms with E-state index >= 15 is 0 Å². The standard InChI is InChI=1S/C12H10N4O4/c13-5-11(17)12(18)8-6-14-15(7-8)9-3-1-2-4-10(9)16(19)20/h1-4,6-7,11-12,17-18H. The van der Waals surface area contributed by atoms with E-state index in [1.54, 1.807) is 6.07 Å². The van der Waals surface area contributed by atoms with Crippen molar-refractivity contribution >= 4 is 5.69 Å². The van der Waals surface area contributed by atoms with Crippen LogP contribution in [0.5, 0.6) is 0 Å². The van der Waals surface area contributed by atoms with Crippen molar-refractivity contribution in [1.29, 1.82) is 5.26 Å². The van der Waals surface area contributed by atoms with Crippen molar-refractivity contribution in [2.24, 2.45) is 0 Å². The maximum absolute atomic E-state index is 10.9. The molecule has 1 heterocycles. The number of nitriles is 1. The van der Waals surface area contributed by atoms with E-state index in [0.717, 1.165) is 0 Å². The van der Waals surface area contributed by atoms with Gasteiger partial charge in [-0.1, -0.05) is 12.1 Å². The third-order valence-corrected chi connectivity index (χ3v) is 2.70. The Morgan fingerprint density at radius 3 is 2.75 bits per heavy atom. The molecule has 2 aromatic rings. The molecule has 8 heteroatoms. The van der Waals surface area contributed by atoms with E-state index in [2.05, 4.69) is 5.10 Å². The van der Waals surface area contributed by atoms with Crippen molar-refractivity contribution in [2.75, 3.05) is 0 Å².